The van der Waals surface area contributed by atoms with Gasteiger partial charge >= 0.3 is 0 Å². The highest BCUT2D eigenvalue weighted by molar-refractivity contribution is 6.39. The number of hydrogen-bond acceptors (Lipinski definition) is 2. The van der Waals surface area contributed by atoms with Gasteiger partial charge in [0.05, 0.1) is 22.3 Å². The Morgan fingerprint density at radius 2 is 2.05 bits per heavy atom. The minimum Gasteiger partial charge on any atom is -0.322 e. The fourth-order valence-electron chi connectivity index (χ4n) is 2.37. The summed E-state index contributed by atoms with van der Waals surface area (Å²) in [6.45, 7) is 3.53. The van der Waals surface area contributed by atoms with E-state index in [1.54, 1.807) is 18.2 Å². The third kappa shape index (κ3) is 3.85. The van der Waals surface area contributed by atoms with E-state index < -0.39 is 0 Å². The lowest BCUT2D eigenvalue weighted by Gasteiger charge is -2.32. The SMILES string of the molecule is CC1CCCCN1CC(=O)Nc1c(Cl)cccc1Cl. The Morgan fingerprint density at radius 1 is 1.37 bits per heavy atom. The van der Waals surface area contributed by atoms with Gasteiger partial charge in [0.25, 0.3) is 0 Å². The average Bonchev–Trinajstić information content (AvgIpc) is 2.37. The van der Waals surface area contributed by atoms with Crippen LogP contribution in [0, 0.1) is 0 Å². The number of para-hydroxylation sites is 1. The Kier molecular flexibility index (Phi) is 5.08. The van der Waals surface area contributed by atoms with Gasteiger partial charge in [0, 0.05) is 6.04 Å². The van der Waals surface area contributed by atoms with Crippen molar-refractivity contribution >= 4 is 34.8 Å². The van der Waals surface area contributed by atoms with E-state index in [0.29, 0.717) is 28.3 Å². The summed E-state index contributed by atoms with van der Waals surface area (Å²) in [4.78, 5) is 14.3. The van der Waals surface area contributed by atoms with E-state index >= 15 is 0 Å². The van der Waals surface area contributed by atoms with Gasteiger partial charge in [-0.15, -0.1) is 0 Å². The third-order valence-corrected chi connectivity index (χ3v) is 4.14. The van der Waals surface area contributed by atoms with Crippen LogP contribution in [0.15, 0.2) is 18.2 Å². The zero-order valence-corrected chi connectivity index (χ0v) is 12.5. The van der Waals surface area contributed by atoms with Crippen molar-refractivity contribution < 1.29 is 4.79 Å². The van der Waals surface area contributed by atoms with Crippen molar-refractivity contribution in [2.75, 3.05) is 18.4 Å². The van der Waals surface area contributed by atoms with Crippen LogP contribution >= 0.6 is 23.2 Å². The zero-order chi connectivity index (χ0) is 13.8. The van der Waals surface area contributed by atoms with Gasteiger partial charge in [-0.1, -0.05) is 35.7 Å². The third-order valence-electron chi connectivity index (χ3n) is 3.51. The van der Waals surface area contributed by atoms with Crippen molar-refractivity contribution in [1.29, 1.82) is 0 Å². The molecule has 1 N–H and O–H groups in total. The maximum atomic E-state index is 12.1. The molecule has 0 spiro atoms. The minimum atomic E-state index is -0.0660. The van der Waals surface area contributed by atoms with Gasteiger partial charge in [0.1, 0.15) is 0 Å². The van der Waals surface area contributed by atoms with Gasteiger partial charge < -0.3 is 5.32 Å². The molecule has 1 heterocycles. The normalized spacial score (nSPS) is 20.3. The second-order valence-electron chi connectivity index (χ2n) is 4.96. The summed E-state index contributed by atoms with van der Waals surface area (Å²) in [5, 5.41) is 3.73. The lowest BCUT2D eigenvalue weighted by atomic mass is 10.0. The Hall–Kier alpha value is -0.770. The van der Waals surface area contributed by atoms with Gasteiger partial charge in [-0.25, -0.2) is 0 Å². The van der Waals surface area contributed by atoms with Crippen LogP contribution in [0.25, 0.3) is 0 Å². The summed E-state index contributed by atoms with van der Waals surface area (Å²) in [6.07, 6.45) is 3.56. The molecule has 104 valence electrons. The Bertz CT molecular complexity index is 445. The predicted octanol–water partition coefficient (Wildman–Crippen LogP) is 3.81. The Labute approximate surface area is 123 Å². The van der Waals surface area contributed by atoms with Crippen LogP contribution in [0.5, 0.6) is 0 Å². The van der Waals surface area contributed by atoms with Crippen LogP contribution in [-0.4, -0.2) is 29.9 Å². The number of piperidine rings is 1. The molecule has 1 aliphatic heterocycles. The van der Waals surface area contributed by atoms with E-state index in [1.807, 2.05) is 0 Å². The molecule has 1 aromatic rings. The highest BCUT2D eigenvalue weighted by Crippen LogP contribution is 2.29. The smallest absolute Gasteiger partial charge is 0.238 e. The number of carbonyl (C=O) groups is 1. The first kappa shape index (κ1) is 14.6. The fourth-order valence-corrected chi connectivity index (χ4v) is 2.87. The topological polar surface area (TPSA) is 32.3 Å². The molecule has 0 aromatic heterocycles. The fraction of sp³-hybridized carbons (Fsp3) is 0.500. The first-order valence-corrected chi connectivity index (χ1v) is 7.31. The molecule has 1 aliphatic rings. The molecule has 3 nitrogen and oxygen atoms in total. The molecule has 2 rings (SSSR count). The number of carbonyl (C=O) groups excluding carboxylic acids is 1. The van der Waals surface area contributed by atoms with Gasteiger partial charge in [-0.05, 0) is 38.4 Å². The number of nitrogens with one attached hydrogen (secondary N) is 1. The van der Waals surface area contributed by atoms with E-state index in [9.17, 15) is 4.79 Å². The summed E-state index contributed by atoms with van der Waals surface area (Å²) in [5.41, 5.74) is 0.500. The molecule has 0 aliphatic carbocycles. The molecule has 5 heteroatoms. The number of hydrogen-bond donors (Lipinski definition) is 1. The summed E-state index contributed by atoms with van der Waals surface area (Å²) in [5.74, 6) is -0.0660. The van der Waals surface area contributed by atoms with Gasteiger partial charge in [0.15, 0.2) is 0 Å². The highest BCUT2D eigenvalue weighted by atomic mass is 35.5. The van der Waals surface area contributed by atoms with E-state index in [-0.39, 0.29) is 5.91 Å². The number of benzene rings is 1. The van der Waals surface area contributed by atoms with Crippen molar-refractivity contribution in [3.8, 4) is 0 Å². The molecule has 0 bridgehead atoms. The number of likely N-dealkylation sites (tertiary alicyclic amines) is 1. The van der Waals surface area contributed by atoms with Crippen LogP contribution < -0.4 is 5.32 Å². The molecule has 0 saturated carbocycles. The predicted molar refractivity (Wildman–Crippen MR) is 80.0 cm³/mol. The van der Waals surface area contributed by atoms with Crippen molar-refractivity contribution in [3.63, 3.8) is 0 Å². The van der Waals surface area contributed by atoms with Crippen LogP contribution in [0.1, 0.15) is 26.2 Å². The quantitative estimate of drug-likeness (QED) is 0.921. The average molecular weight is 301 g/mol. The second-order valence-corrected chi connectivity index (χ2v) is 5.77. The summed E-state index contributed by atoms with van der Waals surface area (Å²) in [6, 6.07) is 5.65. The lowest BCUT2D eigenvalue weighted by molar-refractivity contribution is -0.118. The van der Waals surface area contributed by atoms with E-state index in [2.05, 4.69) is 17.1 Å². The summed E-state index contributed by atoms with van der Waals surface area (Å²) >= 11 is 12.1. The largest absolute Gasteiger partial charge is 0.322 e. The van der Waals surface area contributed by atoms with E-state index in [4.69, 9.17) is 23.2 Å². The van der Waals surface area contributed by atoms with Crippen molar-refractivity contribution in [2.24, 2.45) is 0 Å². The van der Waals surface area contributed by atoms with Crippen molar-refractivity contribution in [2.45, 2.75) is 32.2 Å². The monoisotopic (exact) mass is 300 g/mol. The maximum absolute atomic E-state index is 12.1. The van der Waals surface area contributed by atoms with Crippen LogP contribution in [0.4, 0.5) is 5.69 Å². The zero-order valence-electron chi connectivity index (χ0n) is 11.0. The molecular formula is C14H18Cl2N2O. The first-order valence-electron chi connectivity index (χ1n) is 6.56. The number of rotatable bonds is 3. The number of anilines is 1. The molecule has 1 saturated heterocycles. The van der Waals surface area contributed by atoms with Crippen LogP contribution in [0.3, 0.4) is 0 Å². The number of amides is 1. The molecule has 19 heavy (non-hydrogen) atoms. The Balaban J connectivity index is 1.97. The molecular weight excluding hydrogens is 283 g/mol. The van der Waals surface area contributed by atoms with Gasteiger partial charge in [0.2, 0.25) is 5.91 Å². The standard InChI is InChI=1S/C14H18Cl2N2O/c1-10-5-2-3-8-18(10)9-13(19)17-14-11(15)6-4-7-12(14)16/h4,6-7,10H,2-3,5,8-9H2,1H3,(H,17,19). The van der Waals surface area contributed by atoms with Crippen LogP contribution in [0.2, 0.25) is 10.0 Å². The second kappa shape index (κ2) is 6.60. The summed E-state index contributed by atoms with van der Waals surface area (Å²) < 4.78 is 0. The van der Waals surface area contributed by atoms with Crippen molar-refractivity contribution in [1.82, 2.24) is 4.90 Å². The molecule has 1 unspecified atom stereocenters. The lowest BCUT2D eigenvalue weighted by Crippen LogP contribution is -2.42. The Morgan fingerprint density at radius 3 is 2.68 bits per heavy atom. The van der Waals surface area contributed by atoms with Crippen molar-refractivity contribution in [3.05, 3.63) is 28.2 Å². The number of halogens is 2. The molecule has 0 radical (unpaired) electrons. The summed E-state index contributed by atoms with van der Waals surface area (Å²) in [7, 11) is 0. The maximum Gasteiger partial charge on any atom is 0.238 e. The van der Waals surface area contributed by atoms with E-state index in [0.717, 1.165) is 19.4 Å². The highest BCUT2D eigenvalue weighted by Gasteiger charge is 2.21. The van der Waals surface area contributed by atoms with Gasteiger partial charge in [-0.2, -0.15) is 0 Å². The van der Waals surface area contributed by atoms with E-state index in [1.165, 1.54) is 6.42 Å². The molecule has 1 aromatic carbocycles. The minimum absolute atomic E-state index is 0.0660. The van der Waals surface area contributed by atoms with Gasteiger partial charge in [-0.3, -0.25) is 9.69 Å². The molecule has 1 atom stereocenters. The molecule has 1 fully saturated rings. The number of nitrogens with zero attached hydrogens (tertiary/aromatic N) is 1. The first-order chi connectivity index (χ1) is 9.08. The van der Waals surface area contributed by atoms with Crippen LogP contribution in [-0.2, 0) is 4.79 Å². The molecule has 1 amide bonds.